The zero-order valence-electron chi connectivity index (χ0n) is 17.7. The Morgan fingerprint density at radius 3 is 2.40 bits per heavy atom. The number of pyridine rings is 1. The molecule has 0 N–H and O–H groups in total. The number of hydrogen-bond donors (Lipinski definition) is 0. The molecule has 0 bridgehead atoms. The number of aryl methyl sites for hydroxylation is 2. The van der Waals surface area contributed by atoms with Gasteiger partial charge >= 0.3 is 0 Å². The quantitative estimate of drug-likeness (QED) is 0.633. The standard InChI is InChI=1S/C24H27FN4O/c1-16-14-21(19-4-6-22(25)7-5-19)15-23(27-16)20-9-12-28(13-10-20)24(30)18(3)29-17(2)8-11-26-29/h4-8,11,14-15,18,20H,9-10,12-13H2,1-3H3/t18-/m1/s1. The fraction of sp³-hybridized carbons (Fsp3) is 0.375. The second kappa shape index (κ2) is 8.38. The highest BCUT2D eigenvalue weighted by atomic mass is 19.1. The SMILES string of the molecule is Cc1cc(-c2ccc(F)cc2)cc(C2CCN(C(=O)[C@@H](C)n3nccc3C)CC2)n1. The smallest absolute Gasteiger partial charge is 0.247 e. The summed E-state index contributed by atoms with van der Waals surface area (Å²) in [4.78, 5) is 19.6. The van der Waals surface area contributed by atoms with Gasteiger partial charge in [-0.15, -0.1) is 0 Å². The fourth-order valence-corrected chi connectivity index (χ4v) is 4.26. The number of rotatable bonds is 4. The number of carbonyl (C=O) groups excluding carboxylic acids is 1. The van der Waals surface area contributed by atoms with Crippen LogP contribution in [-0.2, 0) is 4.79 Å². The molecule has 1 atom stereocenters. The van der Waals surface area contributed by atoms with Crippen LogP contribution in [0.1, 0.15) is 48.8 Å². The summed E-state index contributed by atoms with van der Waals surface area (Å²) in [5.41, 5.74) is 5.03. The van der Waals surface area contributed by atoms with Crippen LogP contribution >= 0.6 is 0 Å². The molecule has 0 radical (unpaired) electrons. The van der Waals surface area contributed by atoms with Crippen molar-refractivity contribution in [2.24, 2.45) is 0 Å². The van der Waals surface area contributed by atoms with Gasteiger partial charge in [0.2, 0.25) is 5.91 Å². The van der Waals surface area contributed by atoms with Crippen LogP contribution in [0.4, 0.5) is 4.39 Å². The first-order chi connectivity index (χ1) is 14.4. The third-order valence-electron chi connectivity index (χ3n) is 5.97. The highest BCUT2D eigenvalue weighted by molar-refractivity contribution is 5.80. The van der Waals surface area contributed by atoms with Crippen molar-refractivity contribution in [3.8, 4) is 11.1 Å². The highest BCUT2D eigenvalue weighted by Crippen LogP contribution is 2.31. The summed E-state index contributed by atoms with van der Waals surface area (Å²) in [7, 11) is 0. The average Bonchev–Trinajstić information content (AvgIpc) is 3.18. The van der Waals surface area contributed by atoms with Crippen LogP contribution in [0.3, 0.4) is 0 Å². The van der Waals surface area contributed by atoms with Gasteiger partial charge in [-0.05, 0) is 75.1 Å². The maximum absolute atomic E-state index is 13.3. The van der Waals surface area contributed by atoms with Crippen LogP contribution in [0.15, 0.2) is 48.7 Å². The molecule has 0 saturated carbocycles. The third-order valence-corrected chi connectivity index (χ3v) is 5.97. The molecule has 2 aromatic heterocycles. The zero-order chi connectivity index (χ0) is 21.3. The van der Waals surface area contributed by atoms with Crippen molar-refractivity contribution < 1.29 is 9.18 Å². The Bertz CT molecular complexity index is 1040. The average molecular weight is 407 g/mol. The largest absolute Gasteiger partial charge is 0.341 e. The van der Waals surface area contributed by atoms with Crippen molar-refractivity contribution in [1.29, 1.82) is 0 Å². The van der Waals surface area contributed by atoms with Gasteiger partial charge in [-0.2, -0.15) is 5.10 Å². The number of aromatic nitrogens is 3. The van der Waals surface area contributed by atoms with E-state index in [0.29, 0.717) is 5.92 Å². The van der Waals surface area contributed by atoms with Crippen molar-refractivity contribution in [1.82, 2.24) is 19.7 Å². The van der Waals surface area contributed by atoms with E-state index in [1.807, 2.05) is 37.8 Å². The Morgan fingerprint density at radius 1 is 1.07 bits per heavy atom. The molecule has 3 aromatic rings. The van der Waals surface area contributed by atoms with E-state index in [0.717, 1.165) is 54.1 Å². The molecule has 1 saturated heterocycles. The van der Waals surface area contributed by atoms with Gasteiger partial charge in [-0.25, -0.2) is 4.39 Å². The molecule has 1 fully saturated rings. The Balaban J connectivity index is 1.46. The Morgan fingerprint density at radius 2 is 1.77 bits per heavy atom. The second-order valence-electron chi connectivity index (χ2n) is 8.12. The topological polar surface area (TPSA) is 51.0 Å². The van der Waals surface area contributed by atoms with Crippen LogP contribution in [-0.4, -0.2) is 38.7 Å². The van der Waals surface area contributed by atoms with Crippen LogP contribution in [0.5, 0.6) is 0 Å². The number of carbonyl (C=O) groups is 1. The summed E-state index contributed by atoms with van der Waals surface area (Å²) >= 11 is 0. The minimum Gasteiger partial charge on any atom is -0.341 e. The van der Waals surface area contributed by atoms with Crippen LogP contribution in [0, 0.1) is 19.7 Å². The monoisotopic (exact) mass is 406 g/mol. The van der Waals surface area contributed by atoms with E-state index < -0.39 is 0 Å². The zero-order valence-corrected chi connectivity index (χ0v) is 17.7. The van der Waals surface area contributed by atoms with Crippen LogP contribution in [0.2, 0.25) is 0 Å². The predicted molar refractivity (Wildman–Crippen MR) is 115 cm³/mol. The lowest BCUT2D eigenvalue weighted by atomic mass is 9.91. The van der Waals surface area contributed by atoms with Crippen molar-refractivity contribution in [3.05, 3.63) is 71.6 Å². The molecule has 1 aliphatic heterocycles. The molecular weight excluding hydrogens is 379 g/mol. The molecule has 5 nitrogen and oxygen atoms in total. The summed E-state index contributed by atoms with van der Waals surface area (Å²) in [5, 5.41) is 4.28. The summed E-state index contributed by atoms with van der Waals surface area (Å²) in [5.74, 6) is 0.195. The second-order valence-corrected chi connectivity index (χ2v) is 8.12. The number of amides is 1. The minimum atomic E-state index is -0.293. The van der Waals surface area contributed by atoms with Gasteiger partial charge in [0.15, 0.2) is 0 Å². The third kappa shape index (κ3) is 4.13. The van der Waals surface area contributed by atoms with Gasteiger partial charge in [0, 0.05) is 42.3 Å². The fourth-order valence-electron chi connectivity index (χ4n) is 4.26. The van der Waals surface area contributed by atoms with E-state index in [1.165, 1.54) is 12.1 Å². The summed E-state index contributed by atoms with van der Waals surface area (Å²) in [6.45, 7) is 7.30. The van der Waals surface area contributed by atoms with Crippen LogP contribution < -0.4 is 0 Å². The lowest BCUT2D eigenvalue weighted by Crippen LogP contribution is -2.41. The van der Waals surface area contributed by atoms with Gasteiger partial charge in [0.05, 0.1) is 0 Å². The van der Waals surface area contributed by atoms with Gasteiger partial charge in [0.25, 0.3) is 0 Å². The van der Waals surface area contributed by atoms with Gasteiger partial charge in [0.1, 0.15) is 11.9 Å². The first kappa shape index (κ1) is 20.3. The Hall–Kier alpha value is -3.02. The molecule has 1 amide bonds. The molecule has 1 aliphatic rings. The first-order valence-corrected chi connectivity index (χ1v) is 10.5. The molecular formula is C24H27FN4O. The molecule has 4 rings (SSSR count). The molecule has 0 spiro atoms. The molecule has 30 heavy (non-hydrogen) atoms. The van der Waals surface area contributed by atoms with E-state index >= 15 is 0 Å². The number of hydrogen-bond acceptors (Lipinski definition) is 3. The maximum atomic E-state index is 13.3. The molecule has 1 aromatic carbocycles. The van der Waals surface area contributed by atoms with Crippen LogP contribution in [0.25, 0.3) is 11.1 Å². The molecule has 6 heteroatoms. The molecule has 0 unspecified atom stereocenters. The number of benzene rings is 1. The molecule has 156 valence electrons. The predicted octanol–water partition coefficient (Wildman–Crippen LogP) is 4.67. The normalized spacial score (nSPS) is 15.9. The van der Waals surface area contributed by atoms with E-state index in [1.54, 1.807) is 23.0 Å². The van der Waals surface area contributed by atoms with Gasteiger partial charge in [-0.3, -0.25) is 14.5 Å². The van der Waals surface area contributed by atoms with Crippen molar-refractivity contribution in [2.45, 2.75) is 45.6 Å². The Labute approximate surface area is 176 Å². The number of nitrogens with zero attached hydrogens (tertiary/aromatic N) is 4. The highest BCUT2D eigenvalue weighted by Gasteiger charge is 2.29. The lowest BCUT2D eigenvalue weighted by Gasteiger charge is -2.33. The number of likely N-dealkylation sites (tertiary alicyclic amines) is 1. The van der Waals surface area contributed by atoms with E-state index in [4.69, 9.17) is 4.98 Å². The maximum Gasteiger partial charge on any atom is 0.247 e. The van der Waals surface area contributed by atoms with Crippen molar-refractivity contribution >= 4 is 5.91 Å². The summed E-state index contributed by atoms with van der Waals surface area (Å²) < 4.78 is 15.1. The van der Waals surface area contributed by atoms with Crippen molar-refractivity contribution in [2.75, 3.05) is 13.1 Å². The molecule has 0 aliphatic carbocycles. The van der Waals surface area contributed by atoms with E-state index in [-0.39, 0.29) is 17.8 Å². The van der Waals surface area contributed by atoms with Gasteiger partial charge in [-0.1, -0.05) is 12.1 Å². The van der Waals surface area contributed by atoms with E-state index in [9.17, 15) is 9.18 Å². The molecule has 3 heterocycles. The summed E-state index contributed by atoms with van der Waals surface area (Å²) in [6.07, 6.45) is 3.50. The van der Waals surface area contributed by atoms with E-state index in [2.05, 4.69) is 11.2 Å². The number of piperidine rings is 1. The first-order valence-electron chi connectivity index (χ1n) is 10.5. The summed E-state index contributed by atoms with van der Waals surface area (Å²) in [6, 6.07) is 12.3. The lowest BCUT2D eigenvalue weighted by molar-refractivity contribution is -0.135. The van der Waals surface area contributed by atoms with Crippen molar-refractivity contribution in [3.63, 3.8) is 0 Å². The minimum absolute atomic E-state index is 0.115. The Kier molecular flexibility index (Phi) is 5.66. The van der Waals surface area contributed by atoms with Gasteiger partial charge < -0.3 is 4.90 Å². The number of halogens is 1.